The Bertz CT molecular complexity index is 426. The van der Waals surface area contributed by atoms with Gasteiger partial charge in [0.15, 0.2) is 5.82 Å². The van der Waals surface area contributed by atoms with Crippen LogP contribution in [-0.2, 0) is 11.2 Å². The summed E-state index contributed by atoms with van der Waals surface area (Å²) in [6.07, 6.45) is 5.67. The Morgan fingerprint density at radius 3 is 2.84 bits per heavy atom. The maximum Gasteiger partial charge on any atom is 0.234 e. The van der Waals surface area contributed by atoms with Crippen molar-refractivity contribution in [3.8, 4) is 0 Å². The SMILES string of the molecule is CCC1CCC(c2noc(CC(=O)CC(C)C)n2)C1. The molecule has 4 nitrogen and oxygen atoms in total. The third kappa shape index (κ3) is 3.88. The molecule has 106 valence electrons. The van der Waals surface area contributed by atoms with Gasteiger partial charge >= 0.3 is 0 Å². The lowest BCUT2D eigenvalue weighted by atomic mass is 10.0. The van der Waals surface area contributed by atoms with Gasteiger partial charge in [-0.1, -0.05) is 32.3 Å². The minimum Gasteiger partial charge on any atom is -0.339 e. The molecule has 1 saturated carbocycles. The van der Waals surface area contributed by atoms with Crippen LogP contribution in [0.4, 0.5) is 0 Å². The van der Waals surface area contributed by atoms with Gasteiger partial charge in [-0.25, -0.2) is 0 Å². The van der Waals surface area contributed by atoms with E-state index < -0.39 is 0 Å². The van der Waals surface area contributed by atoms with E-state index in [9.17, 15) is 4.79 Å². The van der Waals surface area contributed by atoms with Gasteiger partial charge in [0.25, 0.3) is 0 Å². The monoisotopic (exact) mass is 264 g/mol. The maximum atomic E-state index is 11.7. The molecule has 1 aromatic rings. The topological polar surface area (TPSA) is 56.0 Å². The largest absolute Gasteiger partial charge is 0.339 e. The zero-order chi connectivity index (χ0) is 13.8. The lowest BCUT2D eigenvalue weighted by Gasteiger charge is -2.04. The summed E-state index contributed by atoms with van der Waals surface area (Å²) in [5, 5.41) is 4.06. The Labute approximate surface area is 115 Å². The van der Waals surface area contributed by atoms with Crippen molar-refractivity contribution in [1.82, 2.24) is 10.1 Å². The van der Waals surface area contributed by atoms with Crippen LogP contribution in [0, 0.1) is 11.8 Å². The molecule has 4 heteroatoms. The highest BCUT2D eigenvalue weighted by Crippen LogP contribution is 2.38. The van der Waals surface area contributed by atoms with Crippen molar-refractivity contribution in [2.75, 3.05) is 0 Å². The van der Waals surface area contributed by atoms with E-state index in [1.54, 1.807) is 0 Å². The van der Waals surface area contributed by atoms with Gasteiger partial charge in [0.05, 0.1) is 6.42 Å². The highest BCUT2D eigenvalue weighted by Gasteiger charge is 2.28. The molecule has 0 aliphatic heterocycles. The van der Waals surface area contributed by atoms with Gasteiger partial charge in [0.2, 0.25) is 5.89 Å². The summed E-state index contributed by atoms with van der Waals surface area (Å²) in [4.78, 5) is 16.1. The second-order valence-corrected chi connectivity index (χ2v) is 6.14. The van der Waals surface area contributed by atoms with Gasteiger partial charge in [-0.05, 0) is 31.1 Å². The second kappa shape index (κ2) is 6.31. The van der Waals surface area contributed by atoms with Gasteiger partial charge in [0.1, 0.15) is 5.78 Å². The van der Waals surface area contributed by atoms with E-state index in [0.717, 1.165) is 24.6 Å². The van der Waals surface area contributed by atoms with Gasteiger partial charge < -0.3 is 4.52 Å². The van der Waals surface area contributed by atoms with E-state index in [1.165, 1.54) is 12.8 Å². The highest BCUT2D eigenvalue weighted by molar-refractivity contribution is 5.80. The zero-order valence-electron chi connectivity index (χ0n) is 12.2. The summed E-state index contributed by atoms with van der Waals surface area (Å²) in [6.45, 7) is 6.32. The molecular formula is C15H24N2O2. The molecule has 19 heavy (non-hydrogen) atoms. The molecule has 2 atom stereocenters. The first-order valence-corrected chi connectivity index (χ1v) is 7.42. The standard InChI is InChI=1S/C15H24N2O2/c1-4-11-5-6-12(8-11)15-16-14(19-17-15)9-13(18)7-10(2)3/h10-12H,4-9H2,1-3H3. The average molecular weight is 264 g/mol. The molecule has 0 spiro atoms. The Balaban J connectivity index is 1.90. The molecule has 0 radical (unpaired) electrons. The Morgan fingerprint density at radius 2 is 2.21 bits per heavy atom. The fraction of sp³-hybridized carbons (Fsp3) is 0.800. The average Bonchev–Trinajstić information content (AvgIpc) is 2.95. The van der Waals surface area contributed by atoms with E-state index in [2.05, 4.69) is 17.1 Å². The van der Waals surface area contributed by atoms with Crippen LogP contribution in [0.5, 0.6) is 0 Å². The minimum atomic E-state index is 0.183. The minimum absolute atomic E-state index is 0.183. The van der Waals surface area contributed by atoms with Crippen LogP contribution >= 0.6 is 0 Å². The predicted octanol–water partition coefficient (Wildman–Crippen LogP) is 3.52. The van der Waals surface area contributed by atoms with Crippen LogP contribution in [-0.4, -0.2) is 15.9 Å². The lowest BCUT2D eigenvalue weighted by molar-refractivity contribution is -0.119. The Morgan fingerprint density at radius 1 is 1.42 bits per heavy atom. The van der Waals surface area contributed by atoms with Crippen molar-refractivity contribution in [3.63, 3.8) is 0 Å². The molecule has 1 aliphatic carbocycles. The molecule has 0 bridgehead atoms. The number of ketones is 1. The molecule has 0 N–H and O–H groups in total. The summed E-state index contributed by atoms with van der Waals surface area (Å²) < 4.78 is 5.22. The van der Waals surface area contributed by atoms with Crippen molar-refractivity contribution < 1.29 is 9.32 Å². The van der Waals surface area contributed by atoms with Gasteiger partial charge in [-0.15, -0.1) is 0 Å². The Hall–Kier alpha value is -1.19. The number of carbonyl (C=O) groups excluding carboxylic acids is 1. The van der Waals surface area contributed by atoms with Crippen LogP contribution < -0.4 is 0 Å². The van der Waals surface area contributed by atoms with Crippen molar-refractivity contribution in [1.29, 1.82) is 0 Å². The van der Waals surface area contributed by atoms with E-state index >= 15 is 0 Å². The van der Waals surface area contributed by atoms with Crippen LogP contribution in [0.3, 0.4) is 0 Å². The number of hydrogen-bond donors (Lipinski definition) is 0. The highest BCUT2D eigenvalue weighted by atomic mass is 16.5. The van der Waals surface area contributed by atoms with Crippen LogP contribution in [0.15, 0.2) is 4.52 Å². The third-order valence-corrected chi connectivity index (χ3v) is 3.95. The quantitative estimate of drug-likeness (QED) is 0.788. The molecule has 2 unspecified atom stereocenters. The number of hydrogen-bond acceptors (Lipinski definition) is 4. The maximum absolute atomic E-state index is 11.7. The van der Waals surface area contributed by atoms with Gasteiger partial charge in [-0.3, -0.25) is 4.79 Å². The van der Waals surface area contributed by atoms with Crippen molar-refractivity contribution in [2.24, 2.45) is 11.8 Å². The molecule has 0 saturated heterocycles. The van der Waals surface area contributed by atoms with Gasteiger partial charge in [-0.2, -0.15) is 4.98 Å². The van der Waals surface area contributed by atoms with E-state index in [1.807, 2.05) is 13.8 Å². The molecule has 0 amide bonds. The first kappa shape index (κ1) is 14.2. The normalized spacial score (nSPS) is 23.2. The number of aromatic nitrogens is 2. The molecular weight excluding hydrogens is 240 g/mol. The molecule has 1 aliphatic rings. The Kier molecular flexibility index (Phi) is 4.72. The fourth-order valence-electron chi connectivity index (χ4n) is 2.88. The third-order valence-electron chi connectivity index (χ3n) is 3.95. The summed E-state index contributed by atoms with van der Waals surface area (Å²) in [5.41, 5.74) is 0. The summed E-state index contributed by atoms with van der Waals surface area (Å²) in [7, 11) is 0. The van der Waals surface area contributed by atoms with E-state index in [4.69, 9.17) is 4.52 Å². The van der Waals surface area contributed by atoms with Crippen molar-refractivity contribution >= 4 is 5.78 Å². The summed E-state index contributed by atoms with van der Waals surface area (Å²) in [6, 6.07) is 0. The molecule has 1 heterocycles. The van der Waals surface area contributed by atoms with Gasteiger partial charge in [0, 0.05) is 12.3 Å². The molecule has 1 fully saturated rings. The van der Waals surface area contributed by atoms with E-state index in [0.29, 0.717) is 24.1 Å². The predicted molar refractivity (Wildman–Crippen MR) is 72.8 cm³/mol. The summed E-state index contributed by atoms with van der Waals surface area (Å²) in [5.74, 6) is 3.10. The first-order valence-electron chi connectivity index (χ1n) is 7.42. The molecule has 1 aromatic heterocycles. The second-order valence-electron chi connectivity index (χ2n) is 6.14. The number of Topliss-reactive ketones (excluding diaryl/α,β-unsaturated/α-hetero) is 1. The first-order chi connectivity index (χ1) is 9.08. The van der Waals surface area contributed by atoms with Crippen molar-refractivity contribution in [2.45, 2.75) is 65.2 Å². The van der Waals surface area contributed by atoms with Crippen LogP contribution in [0.25, 0.3) is 0 Å². The fourth-order valence-corrected chi connectivity index (χ4v) is 2.88. The van der Waals surface area contributed by atoms with Crippen LogP contribution in [0.1, 0.15) is 70.5 Å². The van der Waals surface area contributed by atoms with Crippen LogP contribution in [0.2, 0.25) is 0 Å². The van der Waals surface area contributed by atoms with E-state index in [-0.39, 0.29) is 12.2 Å². The van der Waals surface area contributed by atoms with Crippen molar-refractivity contribution in [3.05, 3.63) is 11.7 Å². The molecule has 2 rings (SSSR count). The lowest BCUT2D eigenvalue weighted by Crippen LogP contribution is -2.06. The zero-order valence-corrected chi connectivity index (χ0v) is 12.2. The number of carbonyl (C=O) groups is 1. The summed E-state index contributed by atoms with van der Waals surface area (Å²) >= 11 is 0. The smallest absolute Gasteiger partial charge is 0.234 e. The molecule has 0 aromatic carbocycles. The number of nitrogens with zero attached hydrogens (tertiary/aromatic N) is 2. The number of rotatable bonds is 6.